The van der Waals surface area contributed by atoms with Gasteiger partial charge in [0.2, 0.25) is 0 Å². The van der Waals surface area contributed by atoms with Crippen molar-refractivity contribution in [1.29, 1.82) is 0 Å². The fourth-order valence-electron chi connectivity index (χ4n) is 9.45. The molecule has 8 nitrogen and oxygen atoms in total. The molecular weight excluding hydrogens is 847 g/mol. The highest BCUT2D eigenvalue weighted by Crippen LogP contribution is 2.51. The van der Waals surface area contributed by atoms with Crippen LogP contribution in [-0.4, -0.2) is 31.2 Å². The Morgan fingerprint density at radius 2 is 1.01 bits per heavy atom. The molecule has 9 aromatic rings. The zero-order valence-electron chi connectivity index (χ0n) is 42.2. The lowest BCUT2D eigenvalue weighted by atomic mass is 9.81. The first-order chi connectivity index (χ1) is 32.7. The van der Waals surface area contributed by atoms with Crippen molar-refractivity contribution in [1.82, 2.24) is 24.5 Å². The molecule has 69 heavy (non-hydrogen) atoms. The number of nitrogens with zero attached hydrogens (tertiary/aromatic N) is 7. The van der Waals surface area contributed by atoms with Gasteiger partial charge in [-0.3, -0.25) is 14.5 Å². The minimum Gasteiger partial charge on any atom is -0.457 e. The molecule has 10 rings (SSSR count). The summed E-state index contributed by atoms with van der Waals surface area (Å²) in [7, 11) is 0. The van der Waals surface area contributed by atoms with Crippen LogP contribution in [0.2, 0.25) is 0 Å². The number of pyridine rings is 4. The topological polar surface area (TPSA) is 72.2 Å². The van der Waals surface area contributed by atoms with Crippen molar-refractivity contribution in [3.63, 3.8) is 0 Å². The van der Waals surface area contributed by atoms with Gasteiger partial charge in [0.05, 0.1) is 33.8 Å². The Morgan fingerprint density at radius 1 is 0.435 bits per heavy atom. The lowest BCUT2D eigenvalue weighted by Gasteiger charge is -2.30. The van der Waals surface area contributed by atoms with E-state index in [4.69, 9.17) is 24.7 Å². The molecule has 8 heteroatoms. The number of rotatable bonds is 7. The SMILES string of the molecule is CC(C)(C)c1ccnc(-c2cc(C(C)(C)C)cc(-c3cc(C(C)(C)C)ccn3)c2N2CN(c3cccc(Oc4ccc5c6ccccc6n(-c6cc(C(C)(C)C)ccn6)c5c4)c3)c3cccnc32)c1. The monoisotopic (exact) mass is 910 g/mol. The Balaban J connectivity index is 1.09. The molecule has 5 aromatic heterocycles. The maximum absolute atomic E-state index is 6.82. The molecule has 1 aliphatic heterocycles. The van der Waals surface area contributed by atoms with Crippen molar-refractivity contribution in [2.45, 2.75) is 105 Å². The van der Waals surface area contributed by atoms with Crippen LogP contribution in [0.25, 0.3) is 50.1 Å². The first-order valence-corrected chi connectivity index (χ1v) is 24.1. The Kier molecular flexibility index (Phi) is 11.0. The van der Waals surface area contributed by atoms with E-state index in [0.29, 0.717) is 6.67 Å². The van der Waals surface area contributed by atoms with E-state index >= 15 is 0 Å². The predicted molar refractivity (Wildman–Crippen MR) is 286 cm³/mol. The fourth-order valence-corrected chi connectivity index (χ4v) is 9.45. The molecule has 1 aliphatic rings. The van der Waals surface area contributed by atoms with E-state index < -0.39 is 0 Å². The standard InChI is InChI=1S/C61H63N7O/c1-58(2,3)39-24-28-62-50(33-39)48-31-42(61(10,11)12)32-49(51-34-40(25-29-63-51)59(4,5)6)56(48)67-38-66(53-21-16-27-65-57(53)67)43-17-15-18-44(36-43)69-45-22-23-47-46-19-13-14-20-52(46)68(54(47)37-45)55-35-41(26-30-64-55)60(7,8)9/h13-37H,38H2,1-12H3. The predicted octanol–water partition coefficient (Wildman–Crippen LogP) is 15.9. The summed E-state index contributed by atoms with van der Waals surface area (Å²) in [6.07, 6.45) is 7.71. The third-order valence-electron chi connectivity index (χ3n) is 13.5. The molecule has 0 N–H and O–H groups in total. The van der Waals surface area contributed by atoms with Crippen LogP contribution in [0, 0.1) is 0 Å². The Morgan fingerprint density at radius 3 is 1.65 bits per heavy atom. The molecule has 0 amide bonds. The largest absolute Gasteiger partial charge is 0.457 e. The van der Waals surface area contributed by atoms with Crippen molar-refractivity contribution in [3.8, 4) is 39.8 Å². The van der Waals surface area contributed by atoms with Gasteiger partial charge in [0, 0.05) is 64.5 Å². The summed E-state index contributed by atoms with van der Waals surface area (Å²) in [6, 6.07) is 45.2. The summed E-state index contributed by atoms with van der Waals surface area (Å²) in [6.45, 7) is 27.6. The van der Waals surface area contributed by atoms with E-state index in [-0.39, 0.29) is 21.7 Å². The van der Waals surface area contributed by atoms with E-state index in [9.17, 15) is 0 Å². The number of ether oxygens (including phenoxy) is 1. The number of aromatic nitrogens is 5. The first-order valence-electron chi connectivity index (χ1n) is 24.1. The summed E-state index contributed by atoms with van der Waals surface area (Å²) in [5, 5.41) is 2.32. The maximum atomic E-state index is 6.82. The quantitative estimate of drug-likeness (QED) is 0.158. The van der Waals surface area contributed by atoms with Crippen molar-refractivity contribution in [3.05, 3.63) is 174 Å². The normalized spacial score (nSPS) is 13.4. The van der Waals surface area contributed by atoms with E-state index in [1.165, 1.54) is 27.6 Å². The van der Waals surface area contributed by atoms with Crippen LogP contribution < -0.4 is 14.5 Å². The van der Waals surface area contributed by atoms with E-state index in [2.05, 4.69) is 213 Å². The van der Waals surface area contributed by atoms with E-state index in [1.807, 2.05) is 36.9 Å². The third kappa shape index (κ3) is 8.62. The fraction of sp³-hybridized carbons (Fsp3) is 0.279. The van der Waals surface area contributed by atoms with Crippen LogP contribution in [0.1, 0.15) is 105 Å². The summed E-state index contributed by atoms with van der Waals surface area (Å²) in [5.41, 5.74) is 13.6. The van der Waals surface area contributed by atoms with Gasteiger partial charge in [0.15, 0.2) is 5.82 Å². The number of fused-ring (bicyclic) bond motifs is 4. The van der Waals surface area contributed by atoms with Gasteiger partial charge in [0.25, 0.3) is 0 Å². The molecule has 6 heterocycles. The molecule has 348 valence electrons. The minimum atomic E-state index is -0.158. The second-order valence-electron chi connectivity index (χ2n) is 22.7. The van der Waals surface area contributed by atoms with Gasteiger partial charge >= 0.3 is 0 Å². The van der Waals surface area contributed by atoms with Crippen LogP contribution in [-0.2, 0) is 21.7 Å². The molecule has 0 unspecified atom stereocenters. The van der Waals surface area contributed by atoms with Crippen LogP contribution in [0.15, 0.2) is 152 Å². The maximum Gasteiger partial charge on any atom is 0.158 e. The van der Waals surface area contributed by atoms with Crippen LogP contribution in [0.5, 0.6) is 11.5 Å². The average Bonchev–Trinajstić information content (AvgIpc) is 3.86. The Labute approximate surface area is 407 Å². The van der Waals surface area contributed by atoms with Crippen molar-refractivity contribution in [2.75, 3.05) is 16.5 Å². The number of benzene rings is 4. The molecule has 0 radical (unpaired) electrons. The molecule has 0 spiro atoms. The third-order valence-corrected chi connectivity index (χ3v) is 13.5. The molecule has 0 saturated carbocycles. The van der Waals surface area contributed by atoms with Crippen molar-refractivity contribution in [2.24, 2.45) is 0 Å². The van der Waals surface area contributed by atoms with Crippen LogP contribution >= 0.6 is 0 Å². The lowest BCUT2D eigenvalue weighted by Crippen LogP contribution is -2.26. The van der Waals surface area contributed by atoms with Crippen molar-refractivity contribution >= 4 is 44.7 Å². The van der Waals surface area contributed by atoms with Gasteiger partial charge in [-0.25, -0.2) is 9.97 Å². The number of anilines is 4. The lowest BCUT2D eigenvalue weighted by molar-refractivity contribution is 0.483. The molecular formula is C61H63N7O. The van der Waals surface area contributed by atoms with Gasteiger partial charge in [-0.2, -0.15) is 0 Å². The highest BCUT2D eigenvalue weighted by atomic mass is 16.5. The van der Waals surface area contributed by atoms with E-state index in [1.54, 1.807) is 0 Å². The second-order valence-corrected chi connectivity index (χ2v) is 22.7. The molecule has 0 fully saturated rings. The minimum absolute atomic E-state index is 0.0232. The van der Waals surface area contributed by atoms with Crippen LogP contribution in [0.4, 0.5) is 22.9 Å². The zero-order valence-corrected chi connectivity index (χ0v) is 42.2. The van der Waals surface area contributed by atoms with E-state index in [0.717, 1.165) is 79.1 Å². The number of hydrogen-bond acceptors (Lipinski definition) is 7. The number of hydrogen-bond donors (Lipinski definition) is 0. The molecule has 0 aliphatic carbocycles. The van der Waals surface area contributed by atoms with Gasteiger partial charge in [0.1, 0.15) is 24.0 Å². The highest BCUT2D eigenvalue weighted by molar-refractivity contribution is 6.09. The highest BCUT2D eigenvalue weighted by Gasteiger charge is 2.35. The number of para-hydroxylation sites is 1. The summed E-state index contributed by atoms with van der Waals surface area (Å²) < 4.78 is 9.08. The smallest absolute Gasteiger partial charge is 0.158 e. The summed E-state index contributed by atoms with van der Waals surface area (Å²) in [4.78, 5) is 25.0. The van der Waals surface area contributed by atoms with Gasteiger partial charge < -0.3 is 14.5 Å². The van der Waals surface area contributed by atoms with Gasteiger partial charge in [-0.05, 0) is 135 Å². The first kappa shape index (κ1) is 45.5. The van der Waals surface area contributed by atoms with Crippen LogP contribution in [0.3, 0.4) is 0 Å². The molecule has 0 atom stereocenters. The summed E-state index contributed by atoms with van der Waals surface area (Å²) in [5.74, 6) is 3.21. The summed E-state index contributed by atoms with van der Waals surface area (Å²) >= 11 is 0. The Hall–Kier alpha value is -7.32. The van der Waals surface area contributed by atoms with Gasteiger partial charge in [-0.1, -0.05) is 107 Å². The zero-order chi connectivity index (χ0) is 48.6. The average molecular weight is 910 g/mol. The Bertz CT molecular complexity index is 3330. The molecule has 0 saturated heterocycles. The molecule has 4 aromatic carbocycles. The molecule has 0 bridgehead atoms. The van der Waals surface area contributed by atoms with Crippen molar-refractivity contribution < 1.29 is 4.74 Å². The van der Waals surface area contributed by atoms with Gasteiger partial charge in [-0.15, -0.1) is 0 Å². The second kappa shape index (κ2) is 16.7.